The second kappa shape index (κ2) is 9.38. The monoisotopic (exact) mass is 608 g/mol. The van der Waals surface area contributed by atoms with Gasteiger partial charge in [-0.15, -0.1) is 13.9 Å². The maximum atomic E-state index is 14.1. The fourth-order valence-electron chi connectivity index (χ4n) is 6.85. The Hall–Kier alpha value is -4.24. The molecule has 0 saturated heterocycles. The van der Waals surface area contributed by atoms with Crippen LogP contribution in [0, 0.1) is 17.3 Å². The molecule has 3 aromatic rings. The van der Waals surface area contributed by atoms with Crippen molar-refractivity contribution in [2.24, 2.45) is 17.3 Å². The van der Waals surface area contributed by atoms with Gasteiger partial charge >= 0.3 is 18.4 Å². The molecule has 1 N–H and O–H groups in total. The van der Waals surface area contributed by atoms with Crippen LogP contribution in [0.1, 0.15) is 55.7 Å². The van der Waals surface area contributed by atoms with Crippen molar-refractivity contribution in [3.63, 3.8) is 0 Å². The van der Waals surface area contributed by atoms with Crippen LogP contribution in [0.3, 0.4) is 0 Å². The van der Waals surface area contributed by atoms with E-state index in [1.54, 1.807) is 6.92 Å². The van der Waals surface area contributed by atoms with Crippen molar-refractivity contribution in [1.82, 2.24) is 25.0 Å². The minimum Gasteiger partial charge on any atom is -0.481 e. The van der Waals surface area contributed by atoms with Crippen LogP contribution >= 0.6 is 0 Å². The second-order valence-corrected chi connectivity index (χ2v) is 11.6. The van der Waals surface area contributed by atoms with E-state index in [-0.39, 0.29) is 58.4 Å². The first-order chi connectivity index (χ1) is 20.3. The minimum absolute atomic E-state index is 0.0456. The fraction of sp³-hybridized carbons (Fsp3) is 0.519. The van der Waals surface area contributed by atoms with Gasteiger partial charge in [-0.2, -0.15) is 23.4 Å². The van der Waals surface area contributed by atoms with Crippen LogP contribution in [-0.4, -0.2) is 55.4 Å². The van der Waals surface area contributed by atoms with Gasteiger partial charge in [0.2, 0.25) is 5.88 Å². The van der Waals surface area contributed by atoms with E-state index in [9.17, 15) is 31.9 Å². The molecule has 2 bridgehead atoms. The highest BCUT2D eigenvalue weighted by atomic mass is 19.4. The molecular formula is C27H25F5N6O5. The highest BCUT2D eigenvalue weighted by molar-refractivity contribution is 5.77. The summed E-state index contributed by atoms with van der Waals surface area (Å²) in [6.07, 6.45) is -4.64. The number of aliphatic carboxylic acids is 1. The third kappa shape index (κ3) is 4.66. The molecular weight excluding hydrogens is 583 g/mol. The second-order valence-electron chi connectivity index (χ2n) is 11.6. The van der Waals surface area contributed by atoms with Crippen LogP contribution in [0.5, 0.6) is 17.4 Å². The Morgan fingerprint density at radius 1 is 1.19 bits per heavy atom. The summed E-state index contributed by atoms with van der Waals surface area (Å²) < 4.78 is 85.1. The summed E-state index contributed by atoms with van der Waals surface area (Å²) in [6, 6.07) is 2.62. The largest absolute Gasteiger partial charge is 0.586 e. The third-order valence-electron chi connectivity index (χ3n) is 8.80. The molecule has 8 rings (SSSR count). The first kappa shape index (κ1) is 27.6. The summed E-state index contributed by atoms with van der Waals surface area (Å²) in [5.74, 6) is -0.767. The number of carbonyl (C=O) groups is 1. The molecule has 3 aromatic heterocycles. The fourth-order valence-corrected chi connectivity index (χ4v) is 6.85. The summed E-state index contributed by atoms with van der Waals surface area (Å²) in [5.41, 5.74) is -1.25. The van der Waals surface area contributed by atoms with Crippen molar-refractivity contribution in [2.75, 3.05) is 18.0 Å². The van der Waals surface area contributed by atoms with Crippen LogP contribution in [0.4, 0.5) is 27.8 Å². The van der Waals surface area contributed by atoms with Gasteiger partial charge in [-0.05, 0) is 50.9 Å². The molecule has 5 heterocycles. The predicted molar refractivity (Wildman–Crippen MR) is 135 cm³/mol. The van der Waals surface area contributed by atoms with Crippen molar-refractivity contribution in [2.45, 2.75) is 57.6 Å². The highest BCUT2D eigenvalue weighted by Gasteiger charge is 2.60. The number of ether oxygens (including phenoxy) is 3. The predicted octanol–water partition coefficient (Wildman–Crippen LogP) is 4.79. The molecule has 3 fully saturated rings. The maximum Gasteiger partial charge on any atom is 0.586 e. The van der Waals surface area contributed by atoms with E-state index in [4.69, 9.17) is 4.74 Å². The number of carboxylic acid groups (broad SMARTS) is 1. The summed E-state index contributed by atoms with van der Waals surface area (Å²) in [4.78, 5) is 17.7. The quantitative estimate of drug-likeness (QED) is 0.375. The van der Waals surface area contributed by atoms with Crippen molar-refractivity contribution in [3.8, 4) is 23.1 Å². The minimum atomic E-state index is -4.70. The maximum absolute atomic E-state index is 14.1. The number of anilines is 1. The molecule has 5 aliphatic rings. The van der Waals surface area contributed by atoms with Crippen molar-refractivity contribution in [1.29, 1.82) is 0 Å². The van der Waals surface area contributed by atoms with E-state index in [2.05, 4.69) is 29.8 Å². The SMILES string of the molecule is C[C@H](Oc1cc(-n2nc(C(F)(F)F)c3c2N(CC2CC4(C(=O)O)CC2C4)CCC3)cnn1)c1cc2c(cn1)OC(F)(F)O2. The number of aromatic nitrogens is 5. The first-order valence-electron chi connectivity index (χ1n) is 13.7. The Morgan fingerprint density at radius 2 is 1.95 bits per heavy atom. The number of alkyl halides is 5. The van der Waals surface area contributed by atoms with Crippen LogP contribution < -0.4 is 19.1 Å². The van der Waals surface area contributed by atoms with Gasteiger partial charge in [0.1, 0.15) is 11.9 Å². The normalized spacial score (nSPS) is 25.7. The molecule has 1 unspecified atom stereocenters. The summed E-state index contributed by atoms with van der Waals surface area (Å²) >= 11 is 0. The summed E-state index contributed by atoms with van der Waals surface area (Å²) in [7, 11) is 0. The molecule has 0 spiro atoms. The van der Waals surface area contributed by atoms with Gasteiger partial charge in [0, 0.05) is 30.8 Å². The van der Waals surface area contributed by atoms with Gasteiger partial charge in [-0.25, -0.2) is 4.68 Å². The van der Waals surface area contributed by atoms with Gasteiger partial charge in [-0.1, -0.05) is 0 Å². The van der Waals surface area contributed by atoms with Gasteiger partial charge in [0.25, 0.3) is 0 Å². The number of rotatable bonds is 7. The van der Waals surface area contributed by atoms with Crippen molar-refractivity contribution < 1.29 is 46.1 Å². The number of hydrogen-bond acceptors (Lipinski definition) is 9. The van der Waals surface area contributed by atoms with Crippen LogP contribution in [0.15, 0.2) is 24.5 Å². The van der Waals surface area contributed by atoms with Gasteiger partial charge in [-0.3, -0.25) is 9.78 Å². The van der Waals surface area contributed by atoms with Crippen LogP contribution in [0.2, 0.25) is 0 Å². The number of carboxylic acids is 1. The Bertz CT molecular complexity index is 1610. The lowest BCUT2D eigenvalue weighted by atomic mass is 9.69. The average molecular weight is 609 g/mol. The zero-order valence-corrected chi connectivity index (χ0v) is 22.6. The van der Waals surface area contributed by atoms with Crippen LogP contribution in [-0.2, 0) is 17.4 Å². The molecule has 43 heavy (non-hydrogen) atoms. The van der Waals surface area contributed by atoms with E-state index in [1.165, 1.54) is 23.0 Å². The number of pyridine rings is 1. The number of hydrogen-bond donors (Lipinski definition) is 1. The molecule has 2 aliphatic heterocycles. The lowest BCUT2D eigenvalue weighted by molar-refractivity contribution is -0.286. The molecule has 3 saturated carbocycles. The van der Waals surface area contributed by atoms with E-state index in [0.29, 0.717) is 38.8 Å². The first-order valence-corrected chi connectivity index (χ1v) is 13.7. The van der Waals surface area contributed by atoms with E-state index >= 15 is 0 Å². The molecule has 2 atom stereocenters. The Morgan fingerprint density at radius 3 is 2.67 bits per heavy atom. The average Bonchev–Trinajstić information content (AvgIpc) is 3.65. The Balaban J connectivity index is 1.18. The molecule has 0 radical (unpaired) electrons. The van der Waals surface area contributed by atoms with E-state index in [1.807, 2.05) is 4.90 Å². The number of halogens is 5. The van der Waals surface area contributed by atoms with E-state index in [0.717, 1.165) is 6.20 Å². The molecule has 11 nitrogen and oxygen atoms in total. The zero-order chi connectivity index (χ0) is 30.3. The van der Waals surface area contributed by atoms with Gasteiger partial charge < -0.3 is 24.2 Å². The van der Waals surface area contributed by atoms with E-state index < -0.39 is 35.7 Å². The molecule has 16 heteroatoms. The molecule has 3 aliphatic carbocycles. The third-order valence-corrected chi connectivity index (χ3v) is 8.80. The topological polar surface area (TPSA) is 125 Å². The molecule has 0 aromatic carbocycles. The van der Waals surface area contributed by atoms with Crippen molar-refractivity contribution in [3.05, 3.63) is 41.5 Å². The van der Waals surface area contributed by atoms with Gasteiger partial charge in [0.05, 0.1) is 29.2 Å². The lowest BCUT2D eigenvalue weighted by Crippen LogP contribution is -2.37. The zero-order valence-electron chi connectivity index (χ0n) is 22.6. The smallest absolute Gasteiger partial charge is 0.481 e. The number of nitrogens with zero attached hydrogens (tertiary/aromatic N) is 6. The summed E-state index contributed by atoms with van der Waals surface area (Å²) in [5, 5.41) is 21.5. The highest BCUT2D eigenvalue weighted by Crippen LogP contribution is 2.62. The van der Waals surface area contributed by atoms with Crippen LogP contribution in [0.25, 0.3) is 5.69 Å². The van der Waals surface area contributed by atoms with Crippen molar-refractivity contribution >= 4 is 11.8 Å². The number of fused-ring (bicyclic) bond motifs is 3. The Kier molecular flexibility index (Phi) is 6.02. The summed E-state index contributed by atoms with van der Waals surface area (Å²) in [6.45, 7) is 2.49. The molecule has 0 amide bonds. The lowest BCUT2D eigenvalue weighted by Gasteiger charge is -2.36. The molecule has 228 valence electrons. The Labute approximate surface area is 240 Å². The standard InChI is InChI=1S/C27H25F5N6O5/c1-13(18-6-19-20(11-33-18)43-27(31,32)42-19)41-21-5-16(10-34-35-21)38-23-17(22(36-38)26(28,29)30)3-2-4-37(23)12-15-9-25(24(39)40)7-14(15)8-25/h5-6,10-11,13-15H,2-4,7-9,12H2,1H3,(H,39,40)/t13-,14?,15?,25?/m0/s1. The van der Waals surface area contributed by atoms with Gasteiger partial charge in [0.15, 0.2) is 17.2 Å².